The number of carbonyl (C=O) groups excluding carboxylic acids is 2. The van der Waals surface area contributed by atoms with E-state index in [0.29, 0.717) is 10.4 Å². The van der Waals surface area contributed by atoms with Crippen LogP contribution >= 0.6 is 15.9 Å². The Bertz CT molecular complexity index is 731. The lowest BCUT2D eigenvalue weighted by Gasteiger charge is -2.08. The van der Waals surface area contributed by atoms with Gasteiger partial charge in [0.15, 0.2) is 16.3 Å². The van der Waals surface area contributed by atoms with Crippen LogP contribution in [0.2, 0.25) is 0 Å². The first-order chi connectivity index (χ1) is 10.0. The Kier molecular flexibility index (Phi) is 4.55. The third-order valence-corrected chi connectivity index (χ3v) is 3.18. The van der Waals surface area contributed by atoms with Crippen molar-refractivity contribution in [1.82, 2.24) is 0 Å². The van der Waals surface area contributed by atoms with Crippen LogP contribution in [-0.2, 0) is 4.79 Å². The number of aryl methyl sites for hydroxylation is 1. The summed E-state index contributed by atoms with van der Waals surface area (Å²) in [7, 11) is 0. The van der Waals surface area contributed by atoms with Gasteiger partial charge in [0, 0.05) is 5.69 Å². The standard InChI is InChI=1S/C15H11BrN2O3/c1-9-3-2-4-10(7-9)18-15(20)11(8-17)14(19)12-5-6-13(16)21-12/h2-7,11H,1H3,(H,18,20)/t11-/m0/s1. The fraction of sp³-hybridized carbons (Fsp3) is 0.133. The molecule has 1 atom stereocenters. The van der Waals surface area contributed by atoms with E-state index in [-0.39, 0.29) is 5.76 Å². The Morgan fingerprint density at radius 3 is 2.67 bits per heavy atom. The molecule has 0 aliphatic rings. The molecule has 0 spiro atoms. The quantitative estimate of drug-likeness (QED) is 0.679. The molecule has 1 amide bonds. The number of anilines is 1. The lowest BCUT2D eigenvalue weighted by atomic mass is 10.0. The smallest absolute Gasteiger partial charge is 0.249 e. The number of halogens is 1. The van der Waals surface area contributed by atoms with Crippen molar-refractivity contribution in [2.24, 2.45) is 5.92 Å². The molecule has 1 N–H and O–H groups in total. The first-order valence-corrected chi connectivity index (χ1v) is 6.87. The average Bonchev–Trinajstić information content (AvgIpc) is 2.86. The number of rotatable bonds is 4. The highest BCUT2D eigenvalue weighted by atomic mass is 79.9. The molecule has 2 aromatic rings. The molecule has 0 aliphatic heterocycles. The molecule has 0 radical (unpaired) electrons. The number of hydrogen-bond acceptors (Lipinski definition) is 4. The molecule has 1 aromatic carbocycles. The summed E-state index contributed by atoms with van der Waals surface area (Å²) in [5.74, 6) is -2.84. The van der Waals surface area contributed by atoms with Crippen molar-refractivity contribution in [1.29, 1.82) is 5.26 Å². The van der Waals surface area contributed by atoms with Gasteiger partial charge >= 0.3 is 0 Å². The monoisotopic (exact) mass is 346 g/mol. The van der Waals surface area contributed by atoms with Gasteiger partial charge in [-0.2, -0.15) is 5.26 Å². The molecule has 0 saturated carbocycles. The number of carbonyl (C=O) groups is 2. The molecule has 1 aromatic heterocycles. The highest BCUT2D eigenvalue weighted by Gasteiger charge is 2.29. The molecule has 0 fully saturated rings. The van der Waals surface area contributed by atoms with Crippen molar-refractivity contribution >= 4 is 33.3 Å². The minimum Gasteiger partial charge on any atom is -0.446 e. The van der Waals surface area contributed by atoms with Gasteiger partial charge in [-0.3, -0.25) is 9.59 Å². The predicted molar refractivity (Wildman–Crippen MR) is 79.7 cm³/mol. The maximum Gasteiger partial charge on any atom is 0.249 e. The maximum atomic E-state index is 12.1. The van der Waals surface area contributed by atoms with Crippen LogP contribution in [0.1, 0.15) is 16.1 Å². The van der Waals surface area contributed by atoms with Gasteiger partial charge in [0.1, 0.15) is 0 Å². The number of nitriles is 1. The van der Waals surface area contributed by atoms with Crippen LogP contribution in [0.25, 0.3) is 0 Å². The Labute approximate surface area is 129 Å². The summed E-state index contributed by atoms with van der Waals surface area (Å²) < 4.78 is 5.45. The number of amides is 1. The van der Waals surface area contributed by atoms with Crippen LogP contribution in [0.3, 0.4) is 0 Å². The third kappa shape index (κ3) is 3.58. The largest absolute Gasteiger partial charge is 0.446 e. The van der Waals surface area contributed by atoms with Crippen molar-refractivity contribution in [2.45, 2.75) is 6.92 Å². The Morgan fingerprint density at radius 2 is 2.10 bits per heavy atom. The zero-order valence-electron chi connectivity index (χ0n) is 11.1. The third-order valence-electron chi connectivity index (χ3n) is 2.76. The van der Waals surface area contributed by atoms with Crippen LogP contribution in [0.4, 0.5) is 5.69 Å². The van der Waals surface area contributed by atoms with Crippen LogP contribution < -0.4 is 5.32 Å². The molecule has 2 rings (SSSR count). The van der Waals surface area contributed by atoms with E-state index in [1.165, 1.54) is 12.1 Å². The number of nitrogens with one attached hydrogen (secondary N) is 1. The first kappa shape index (κ1) is 15.0. The Hall–Kier alpha value is -2.39. The number of benzene rings is 1. The molecule has 106 valence electrons. The SMILES string of the molecule is Cc1cccc(NC(=O)[C@@H](C#N)C(=O)c2ccc(Br)o2)c1. The molecule has 0 aliphatic carbocycles. The summed E-state index contributed by atoms with van der Waals surface area (Å²) in [5.41, 5.74) is 1.50. The molecule has 0 saturated heterocycles. The van der Waals surface area contributed by atoms with Gasteiger partial charge in [-0.25, -0.2) is 0 Å². The Morgan fingerprint density at radius 1 is 1.33 bits per heavy atom. The summed E-state index contributed by atoms with van der Waals surface area (Å²) in [5, 5.41) is 11.6. The van der Waals surface area contributed by atoms with E-state index in [4.69, 9.17) is 9.68 Å². The summed E-state index contributed by atoms with van der Waals surface area (Å²) in [6.45, 7) is 1.88. The van der Waals surface area contributed by atoms with E-state index in [1.807, 2.05) is 13.0 Å². The predicted octanol–water partition coefficient (Wildman–Crippen LogP) is 3.31. The van der Waals surface area contributed by atoms with Crippen molar-refractivity contribution in [3.63, 3.8) is 0 Å². The number of hydrogen-bond donors (Lipinski definition) is 1. The first-order valence-electron chi connectivity index (χ1n) is 6.08. The molecule has 5 nitrogen and oxygen atoms in total. The van der Waals surface area contributed by atoms with E-state index in [1.54, 1.807) is 24.3 Å². The van der Waals surface area contributed by atoms with Crippen LogP contribution in [0, 0.1) is 24.2 Å². The van der Waals surface area contributed by atoms with Crippen molar-refractivity contribution in [3.05, 3.63) is 52.4 Å². The van der Waals surface area contributed by atoms with Gasteiger partial charge in [0.25, 0.3) is 0 Å². The van der Waals surface area contributed by atoms with Crippen molar-refractivity contribution in [2.75, 3.05) is 5.32 Å². The van der Waals surface area contributed by atoms with E-state index in [2.05, 4.69) is 21.2 Å². The normalized spacial score (nSPS) is 11.5. The molecule has 1 heterocycles. The van der Waals surface area contributed by atoms with Crippen molar-refractivity contribution in [3.8, 4) is 6.07 Å². The minimum absolute atomic E-state index is 0.0344. The van der Waals surface area contributed by atoms with Crippen LogP contribution in [-0.4, -0.2) is 11.7 Å². The zero-order chi connectivity index (χ0) is 15.4. The Balaban J connectivity index is 2.16. The second-order valence-electron chi connectivity index (χ2n) is 4.39. The van der Waals surface area contributed by atoms with Gasteiger partial charge in [-0.1, -0.05) is 12.1 Å². The molecule has 6 heteroatoms. The fourth-order valence-corrected chi connectivity index (χ4v) is 2.07. The number of furan rings is 1. The molecule has 21 heavy (non-hydrogen) atoms. The number of ketones is 1. The van der Waals surface area contributed by atoms with E-state index >= 15 is 0 Å². The second-order valence-corrected chi connectivity index (χ2v) is 5.17. The summed E-state index contributed by atoms with van der Waals surface area (Å²) in [4.78, 5) is 24.2. The number of Topliss-reactive ketones (excluding diaryl/α,β-unsaturated/α-hetero) is 1. The van der Waals surface area contributed by atoms with Crippen LogP contribution in [0.15, 0.2) is 45.5 Å². The van der Waals surface area contributed by atoms with E-state index in [9.17, 15) is 9.59 Å². The zero-order valence-corrected chi connectivity index (χ0v) is 12.7. The van der Waals surface area contributed by atoms with Gasteiger partial charge in [-0.15, -0.1) is 0 Å². The average molecular weight is 347 g/mol. The van der Waals surface area contributed by atoms with Crippen molar-refractivity contribution < 1.29 is 14.0 Å². The minimum atomic E-state index is -1.46. The van der Waals surface area contributed by atoms with Gasteiger partial charge in [-0.05, 0) is 52.7 Å². The summed E-state index contributed by atoms with van der Waals surface area (Å²) in [6.07, 6.45) is 0. The molecular formula is C15H11BrN2O3. The van der Waals surface area contributed by atoms with Crippen LogP contribution in [0.5, 0.6) is 0 Å². The highest BCUT2D eigenvalue weighted by molar-refractivity contribution is 9.10. The van der Waals surface area contributed by atoms with Gasteiger partial charge in [0.2, 0.25) is 11.7 Å². The highest BCUT2D eigenvalue weighted by Crippen LogP contribution is 2.18. The van der Waals surface area contributed by atoms with E-state index in [0.717, 1.165) is 5.56 Å². The lowest BCUT2D eigenvalue weighted by Crippen LogP contribution is -2.28. The topological polar surface area (TPSA) is 83.1 Å². The maximum absolute atomic E-state index is 12.1. The second kappa shape index (κ2) is 6.37. The fourth-order valence-electron chi connectivity index (χ4n) is 1.76. The molecular weight excluding hydrogens is 336 g/mol. The molecule has 0 bridgehead atoms. The summed E-state index contributed by atoms with van der Waals surface area (Å²) >= 11 is 3.07. The van der Waals surface area contributed by atoms with E-state index < -0.39 is 17.6 Å². The summed E-state index contributed by atoms with van der Waals surface area (Å²) in [6, 6.07) is 11.7. The number of nitrogens with zero attached hydrogens (tertiary/aromatic N) is 1. The molecule has 0 unspecified atom stereocenters. The van der Waals surface area contributed by atoms with Gasteiger partial charge in [0.05, 0.1) is 6.07 Å². The van der Waals surface area contributed by atoms with Gasteiger partial charge < -0.3 is 9.73 Å². The lowest BCUT2D eigenvalue weighted by molar-refractivity contribution is -0.117.